The number of carboxylic acid groups (broad SMARTS) is 1. The number of anilines is 2. The molecule has 6 rings (SSSR count). The fourth-order valence-corrected chi connectivity index (χ4v) is 4.81. The topological polar surface area (TPSA) is 162 Å². The highest BCUT2D eigenvalue weighted by Crippen LogP contribution is 2.45. The molecule has 1 aliphatic rings. The Hall–Kier alpha value is -5.13. The lowest BCUT2D eigenvalue weighted by Crippen LogP contribution is -2.33. The SMILES string of the molecule is CC1(c2nc(CCC(=O)O)co2)C(=O)Nc2nc(-c3nn(Cc4ccccc4F)c4ccccc34)nc(N)c21. The summed E-state index contributed by atoms with van der Waals surface area (Å²) in [6.45, 7) is 1.79. The number of aromatic nitrogens is 5. The predicted octanol–water partition coefficient (Wildman–Crippen LogP) is 3.53. The van der Waals surface area contributed by atoms with Gasteiger partial charge < -0.3 is 20.6 Å². The van der Waals surface area contributed by atoms with Gasteiger partial charge in [-0.05, 0) is 19.1 Å². The second kappa shape index (κ2) is 9.01. The van der Waals surface area contributed by atoms with Gasteiger partial charge in [-0.15, -0.1) is 0 Å². The molecule has 4 heterocycles. The summed E-state index contributed by atoms with van der Waals surface area (Å²) in [5, 5.41) is 17.1. The molecule has 2 aromatic carbocycles. The molecule has 1 atom stereocenters. The highest BCUT2D eigenvalue weighted by atomic mass is 19.1. The molecule has 0 fully saturated rings. The van der Waals surface area contributed by atoms with Crippen molar-refractivity contribution in [2.45, 2.75) is 31.7 Å². The minimum absolute atomic E-state index is 0.0360. The predicted molar refractivity (Wildman–Crippen MR) is 138 cm³/mol. The number of nitrogens with two attached hydrogens (primary N) is 1. The van der Waals surface area contributed by atoms with Crippen molar-refractivity contribution >= 4 is 34.4 Å². The highest BCUT2D eigenvalue weighted by Gasteiger charge is 2.51. The molecule has 0 saturated heterocycles. The number of aliphatic carboxylic acids is 1. The van der Waals surface area contributed by atoms with Gasteiger partial charge >= 0.3 is 5.97 Å². The molecule has 39 heavy (non-hydrogen) atoms. The van der Waals surface area contributed by atoms with Gasteiger partial charge in [0.15, 0.2) is 11.2 Å². The van der Waals surface area contributed by atoms with Crippen LogP contribution in [0.2, 0.25) is 0 Å². The van der Waals surface area contributed by atoms with Gasteiger partial charge in [0.1, 0.15) is 29.4 Å². The van der Waals surface area contributed by atoms with E-state index in [9.17, 15) is 14.0 Å². The smallest absolute Gasteiger partial charge is 0.303 e. The molecule has 0 spiro atoms. The Kier molecular flexibility index (Phi) is 5.60. The number of nitrogens with one attached hydrogen (secondary N) is 1. The quantitative estimate of drug-likeness (QED) is 0.287. The molecule has 196 valence electrons. The Labute approximate surface area is 220 Å². The number of hydrogen-bond donors (Lipinski definition) is 3. The Morgan fingerprint density at radius 2 is 1.92 bits per heavy atom. The maximum atomic E-state index is 14.4. The number of carbonyl (C=O) groups is 2. The normalized spacial score (nSPS) is 16.4. The fourth-order valence-electron chi connectivity index (χ4n) is 4.81. The first-order valence-corrected chi connectivity index (χ1v) is 12.1. The molecule has 12 heteroatoms. The van der Waals surface area contributed by atoms with Crippen LogP contribution >= 0.6 is 0 Å². The monoisotopic (exact) mass is 527 g/mol. The number of carbonyl (C=O) groups excluding carboxylic acids is 1. The number of fused-ring (bicyclic) bond motifs is 2. The minimum atomic E-state index is -1.42. The number of aryl methyl sites for hydroxylation is 1. The van der Waals surface area contributed by atoms with E-state index in [1.807, 2.05) is 24.3 Å². The molecule has 0 bridgehead atoms. The summed E-state index contributed by atoms with van der Waals surface area (Å²) in [5.41, 5.74) is 7.34. The number of benzene rings is 2. The van der Waals surface area contributed by atoms with Crippen LogP contribution in [-0.2, 0) is 28.0 Å². The van der Waals surface area contributed by atoms with Gasteiger partial charge in [-0.2, -0.15) is 5.10 Å². The van der Waals surface area contributed by atoms with Crippen molar-refractivity contribution < 1.29 is 23.5 Å². The van der Waals surface area contributed by atoms with E-state index in [4.69, 9.17) is 20.4 Å². The van der Waals surface area contributed by atoms with Gasteiger partial charge in [-0.25, -0.2) is 19.3 Å². The van der Waals surface area contributed by atoms with Crippen LogP contribution in [-0.4, -0.2) is 41.7 Å². The first-order chi connectivity index (χ1) is 18.8. The number of oxazole rings is 1. The molecule has 3 aromatic heterocycles. The lowest BCUT2D eigenvalue weighted by atomic mass is 9.84. The highest BCUT2D eigenvalue weighted by molar-refractivity contribution is 6.08. The number of hydrogen-bond acceptors (Lipinski definition) is 8. The summed E-state index contributed by atoms with van der Waals surface area (Å²) in [5.74, 6) is -1.29. The third-order valence-electron chi connectivity index (χ3n) is 6.85. The van der Waals surface area contributed by atoms with Crippen LogP contribution in [0.5, 0.6) is 0 Å². The number of nitrogens with zero attached hydrogens (tertiary/aromatic N) is 5. The van der Waals surface area contributed by atoms with E-state index in [-0.39, 0.29) is 48.6 Å². The average Bonchev–Trinajstić information content (AvgIpc) is 3.60. The molecule has 1 unspecified atom stereocenters. The van der Waals surface area contributed by atoms with Crippen molar-refractivity contribution in [3.63, 3.8) is 0 Å². The zero-order valence-corrected chi connectivity index (χ0v) is 20.7. The zero-order valence-electron chi connectivity index (χ0n) is 20.7. The number of nitrogen functional groups attached to an aromatic ring is 1. The number of halogens is 1. The molecular formula is C27H22FN7O4. The van der Waals surface area contributed by atoms with E-state index < -0.39 is 17.3 Å². The van der Waals surface area contributed by atoms with Crippen LogP contribution in [0.4, 0.5) is 16.0 Å². The van der Waals surface area contributed by atoms with Gasteiger partial charge in [0.05, 0.1) is 29.7 Å². The summed E-state index contributed by atoms with van der Waals surface area (Å²) >= 11 is 0. The molecule has 1 amide bonds. The third-order valence-corrected chi connectivity index (χ3v) is 6.85. The molecule has 11 nitrogen and oxygen atoms in total. The van der Waals surface area contributed by atoms with Gasteiger partial charge in [-0.1, -0.05) is 36.4 Å². The van der Waals surface area contributed by atoms with Crippen molar-refractivity contribution in [1.82, 2.24) is 24.7 Å². The van der Waals surface area contributed by atoms with Crippen LogP contribution in [0.1, 0.15) is 36.1 Å². The van der Waals surface area contributed by atoms with E-state index in [2.05, 4.69) is 20.3 Å². The molecule has 0 saturated carbocycles. The molecule has 5 aromatic rings. The standard InChI is InChI=1S/C27H22FN7O4/c1-27(26-30-15(13-39-26)10-11-19(36)37)20-22(29)31-24(32-23(20)33-25(27)38)21-16-7-3-5-9-18(16)35(34-21)12-14-6-2-4-8-17(14)28/h2-9,13H,10-12H2,1H3,(H,36,37)(H3,29,31,32,33,38). The van der Waals surface area contributed by atoms with E-state index >= 15 is 0 Å². The summed E-state index contributed by atoms with van der Waals surface area (Å²) < 4.78 is 21.6. The lowest BCUT2D eigenvalue weighted by molar-refractivity contribution is -0.137. The number of amides is 1. The second-order valence-electron chi connectivity index (χ2n) is 9.39. The van der Waals surface area contributed by atoms with Crippen LogP contribution in [0, 0.1) is 5.82 Å². The minimum Gasteiger partial charge on any atom is -0.481 e. The summed E-state index contributed by atoms with van der Waals surface area (Å²) in [7, 11) is 0. The first kappa shape index (κ1) is 24.2. The first-order valence-electron chi connectivity index (χ1n) is 12.1. The van der Waals surface area contributed by atoms with Gasteiger partial charge in [0, 0.05) is 17.4 Å². The Morgan fingerprint density at radius 1 is 1.15 bits per heavy atom. The van der Waals surface area contributed by atoms with E-state index in [1.54, 1.807) is 29.8 Å². The molecule has 1 aliphatic heterocycles. The maximum Gasteiger partial charge on any atom is 0.303 e. The Morgan fingerprint density at radius 3 is 2.72 bits per heavy atom. The largest absolute Gasteiger partial charge is 0.481 e. The van der Waals surface area contributed by atoms with E-state index in [0.717, 1.165) is 10.9 Å². The van der Waals surface area contributed by atoms with Crippen molar-refractivity contribution in [3.8, 4) is 11.5 Å². The van der Waals surface area contributed by atoms with Crippen LogP contribution in [0.25, 0.3) is 22.4 Å². The maximum absolute atomic E-state index is 14.4. The van der Waals surface area contributed by atoms with Crippen LogP contribution in [0.15, 0.2) is 59.2 Å². The fraction of sp³-hybridized carbons (Fsp3) is 0.185. The lowest BCUT2D eigenvalue weighted by Gasteiger charge is -2.18. The van der Waals surface area contributed by atoms with Gasteiger partial charge in [-0.3, -0.25) is 14.3 Å². The zero-order chi connectivity index (χ0) is 27.3. The third kappa shape index (κ3) is 3.97. The van der Waals surface area contributed by atoms with Crippen LogP contribution in [0.3, 0.4) is 0 Å². The molecular weight excluding hydrogens is 505 g/mol. The van der Waals surface area contributed by atoms with Gasteiger partial charge in [0.25, 0.3) is 0 Å². The van der Waals surface area contributed by atoms with Crippen molar-refractivity contribution in [2.24, 2.45) is 0 Å². The number of rotatable bonds is 7. The van der Waals surface area contributed by atoms with E-state index in [1.165, 1.54) is 12.3 Å². The Balaban J connectivity index is 1.41. The van der Waals surface area contributed by atoms with Gasteiger partial charge in [0.2, 0.25) is 11.8 Å². The van der Waals surface area contributed by atoms with Crippen LogP contribution < -0.4 is 11.1 Å². The second-order valence-corrected chi connectivity index (χ2v) is 9.39. The number of para-hydroxylation sites is 1. The molecule has 0 aliphatic carbocycles. The Bertz CT molecular complexity index is 1780. The summed E-state index contributed by atoms with van der Waals surface area (Å²) in [6, 6.07) is 13.9. The van der Waals surface area contributed by atoms with Crippen molar-refractivity contribution in [3.05, 3.63) is 83.3 Å². The average molecular weight is 528 g/mol. The van der Waals surface area contributed by atoms with Crippen molar-refractivity contribution in [1.29, 1.82) is 0 Å². The number of carboxylic acids is 1. The van der Waals surface area contributed by atoms with Crippen molar-refractivity contribution in [2.75, 3.05) is 11.1 Å². The summed E-state index contributed by atoms with van der Waals surface area (Å²) in [6.07, 6.45) is 1.35. The molecule has 0 radical (unpaired) electrons. The molecule has 4 N–H and O–H groups in total. The van der Waals surface area contributed by atoms with E-state index in [0.29, 0.717) is 22.5 Å². The summed E-state index contributed by atoms with van der Waals surface area (Å²) in [4.78, 5) is 37.6.